The van der Waals surface area contributed by atoms with Gasteiger partial charge in [-0.3, -0.25) is 4.98 Å². The molecule has 2 atom stereocenters. The topological polar surface area (TPSA) is 34.2 Å². The molecule has 18 heavy (non-hydrogen) atoms. The minimum Gasteiger partial charge on any atom is -0.381 e. The quantitative estimate of drug-likeness (QED) is 0.898. The lowest BCUT2D eigenvalue weighted by molar-refractivity contribution is 0.178. The number of fused-ring (bicyclic) bond motifs is 1. The van der Waals surface area contributed by atoms with Gasteiger partial charge in [0.1, 0.15) is 0 Å². The number of ether oxygens (including phenoxy) is 1. The van der Waals surface area contributed by atoms with E-state index in [1.807, 2.05) is 19.4 Å². The number of nitrogens with one attached hydrogen (secondary N) is 1. The van der Waals surface area contributed by atoms with Gasteiger partial charge in [0.2, 0.25) is 0 Å². The number of pyridine rings is 1. The van der Waals surface area contributed by atoms with Crippen LogP contribution in [0.4, 0.5) is 0 Å². The molecular formula is C15H18N2O. The van der Waals surface area contributed by atoms with Crippen LogP contribution < -0.4 is 5.32 Å². The Bertz CT molecular complexity index is 530. The Hall–Kier alpha value is -1.45. The fraction of sp³-hybridized carbons (Fsp3) is 0.400. The van der Waals surface area contributed by atoms with Crippen LogP contribution in [0.2, 0.25) is 0 Å². The van der Waals surface area contributed by atoms with Crippen LogP contribution in [0.25, 0.3) is 10.8 Å². The molecule has 0 amide bonds. The van der Waals surface area contributed by atoms with Crippen molar-refractivity contribution in [1.29, 1.82) is 0 Å². The van der Waals surface area contributed by atoms with E-state index in [-0.39, 0.29) is 0 Å². The van der Waals surface area contributed by atoms with E-state index in [2.05, 4.69) is 34.6 Å². The van der Waals surface area contributed by atoms with Crippen molar-refractivity contribution >= 4 is 10.8 Å². The van der Waals surface area contributed by atoms with Gasteiger partial charge in [-0.05, 0) is 24.4 Å². The van der Waals surface area contributed by atoms with Crippen LogP contribution in [0.3, 0.4) is 0 Å². The molecule has 2 heterocycles. The summed E-state index contributed by atoms with van der Waals surface area (Å²) in [5, 5.41) is 5.93. The van der Waals surface area contributed by atoms with Gasteiger partial charge >= 0.3 is 0 Å². The molecule has 2 unspecified atom stereocenters. The lowest BCUT2D eigenvalue weighted by Crippen LogP contribution is -2.25. The third-order valence-electron chi connectivity index (χ3n) is 3.78. The Morgan fingerprint density at radius 2 is 2.22 bits per heavy atom. The van der Waals surface area contributed by atoms with Crippen LogP contribution in [0.15, 0.2) is 36.7 Å². The number of hydrogen-bond donors (Lipinski definition) is 1. The molecule has 1 fully saturated rings. The Kier molecular flexibility index (Phi) is 3.26. The number of rotatable bonds is 3. The van der Waals surface area contributed by atoms with Gasteiger partial charge < -0.3 is 10.1 Å². The summed E-state index contributed by atoms with van der Waals surface area (Å²) in [6.45, 7) is 1.72. The van der Waals surface area contributed by atoms with Crippen LogP contribution >= 0.6 is 0 Å². The van der Waals surface area contributed by atoms with Crippen LogP contribution in [0, 0.1) is 5.92 Å². The first-order valence-electron chi connectivity index (χ1n) is 6.48. The first-order chi connectivity index (χ1) is 8.90. The third-order valence-corrected chi connectivity index (χ3v) is 3.78. The van der Waals surface area contributed by atoms with Crippen molar-refractivity contribution in [2.45, 2.75) is 12.5 Å². The highest BCUT2D eigenvalue weighted by Crippen LogP contribution is 2.32. The molecule has 0 aliphatic carbocycles. The summed E-state index contributed by atoms with van der Waals surface area (Å²) >= 11 is 0. The van der Waals surface area contributed by atoms with Crippen molar-refractivity contribution in [2.75, 3.05) is 20.3 Å². The lowest BCUT2D eigenvalue weighted by atomic mass is 9.90. The molecule has 1 aliphatic heterocycles. The number of nitrogens with zero attached hydrogens (tertiary/aromatic N) is 1. The Labute approximate surface area is 107 Å². The molecule has 0 radical (unpaired) electrons. The number of hydrogen-bond acceptors (Lipinski definition) is 3. The minimum absolute atomic E-state index is 0.325. The molecule has 1 saturated heterocycles. The Balaban J connectivity index is 2.06. The monoisotopic (exact) mass is 242 g/mol. The zero-order chi connectivity index (χ0) is 12.4. The van der Waals surface area contributed by atoms with Crippen LogP contribution in [-0.2, 0) is 4.74 Å². The maximum Gasteiger partial charge on any atom is 0.0513 e. The van der Waals surface area contributed by atoms with Gasteiger partial charge in [-0.2, -0.15) is 0 Å². The highest BCUT2D eigenvalue weighted by Gasteiger charge is 2.27. The summed E-state index contributed by atoms with van der Waals surface area (Å²) in [5.74, 6) is 0.544. The predicted molar refractivity (Wildman–Crippen MR) is 72.5 cm³/mol. The van der Waals surface area contributed by atoms with E-state index in [4.69, 9.17) is 4.74 Å². The van der Waals surface area contributed by atoms with Gasteiger partial charge in [-0.1, -0.05) is 24.3 Å². The summed E-state index contributed by atoms with van der Waals surface area (Å²) in [6.07, 6.45) is 5.03. The van der Waals surface area contributed by atoms with Crippen molar-refractivity contribution in [3.05, 3.63) is 42.2 Å². The van der Waals surface area contributed by atoms with Crippen molar-refractivity contribution < 1.29 is 4.74 Å². The fourth-order valence-electron chi connectivity index (χ4n) is 2.85. The highest BCUT2D eigenvalue weighted by molar-refractivity contribution is 5.85. The smallest absolute Gasteiger partial charge is 0.0513 e. The average molecular weight is 242 g/mol. The third kappa shape index (κ3) is 2.00. The van der Waals surface area contributed by atoms with Gasteiger partial charge in [0.15, 0.2) is 0 Å². The molecule has 1 aliphatic rings. The molecule has 3 rings (SSSR count). The summed E-state index contributed by atoms with van der Waals surface area (Å²) < 4.78 is 5.51. The van der Waals surface area contributed by atoms with E-state index >= 15 is 0 Å². The Morgan fingerprint density at radius 1 is 1.33 bits per heavy atom. The van der Waals surface area contributed by atoms with Crippen LogP contribution in [-0.4, -0.2) is 25.2 Å². The average Bonchev–Trinajstić information content (AvgIpc) is 2.94. The van der Waals surface area contributed by atoms with E-state index in [0.717, 1.165) is 19.6 Å². The van der Waals surface area contributed by atoms with Crippen molar-refractivity contribution in [2.24, 2.45) is 5.92 Å². The second-order valence-electron chi connectivity index (χ2n) is 4.84. The molecule has 0 spiro atoms. The first-order valence-corrected chi connectivity index (χ1v) is 6.48. The predicted octanol–water partition coefficient (Wildman–Crippen LogP) is 2.53. The molecule has 3 heteroatoms. The maximum atomic E-state index is 5.51. The largest absolute Gasteiger partial charge is 0.381 e. The molecule has 3 nitrogen and oxygen atoms in total. The highest BCUT2D eigenvalue weighted by atomic mass is 16.5. The lowest BCUT2D eigenvalue weighted by Gasteiger charge is -2.23. The van der Waals surface area contributed by atoms with Crippen LogP contribution in [0.5, 0.6) is 0 Å². The van der Waals surface area contributed by atoms with Gasteiger partial charge in [-0.15, -0.1) is 0 Å². The first kappa shape index (κ1) is 11.6. The van der Waals surface area contributed by atoms with E-state index in [1.54, 1.807) is 0 Å². The van der Waals surface area contributed by atoms with Gasteiger partial charge in [0.25, 0.3) is 0 Å². The minimum atomic E-state index is 0.325. The van der Waals surface area contributed by atoms with E-state index < -0.39 is 0 Å². The molecule has 1 N–H and O–H groups in total. The van der Waals surface area contributed by atoms with E-state index in [9.17, 15) is 0 Å². The number of benzene rings is 1. The SMILES string of the molecule is CNC(c1cncc2ccccc12)C1CCOC1. The van der Waals surface area contributed by atoms with Gasteiger partial charge in [0.05, 0.1) is 6.61 Å². The summed E-state index contributed by atoms with van der Waals surface area (Å²) in [4.78, 5) is 4.37. The summed E-state index contributed by atoms with van der Waals surface area (Å²) in [5.41, 5.74) is 1.28. The van der Waals surface area contributed by atoms with Crippen molar-refractivity contribution in [1.82, 2.24) is 10.3 Å². The fourth-order valence-corrected chi connectivity index (χ4v) is 2.85. The molecule has 1 aromatic carbocycles. The molecule has 1 aromatic heterocycles. The zero-order valence-electron chi connectivity index (χ0n) is 10.6. The molecule has 94 valence electrons. The number of aromatic nitrogens is 1. The maximum absolute atomic E-state index is 5.51. The van der Waals surface area contributed by atoms with Crippen LogP contribution in [0.1, 0.15) is 18.0 Å². The van der Waals surface area contributed by atoms with Crippen molar-refractivity contribution in [3.8, 4) is 0 Å². The normalized spacial score (nSPS) is 21.3. The molecule has 0 bridgehead atoms. The van der Waals surface area contributed by atoms with Crippen molar-refractivity contribution in [3.63, 3.8) is 0 Å². The van der Waals surface area contributed by atoms with Gasteiger partial charge in [0, 0.05) is 36.3 Å². The second kappa shape index (κ2) is 5.04. The second-order valence-corrected chi connectivity index (χ2v) is 4.84. The summed E-state index contributed by atoms with van der Waals surface area (Å²) in [6, 6.07) is 8.76. The van der Waals surface area contributed by atoms with E-state index in [1.165, 1.54) is 16.3 Å². The standard InChI is InChI=1S/C15H18N2O/c1-16-15(12-6-7-18-10-12)14-9-17-8-11-4-2-3-5-13(11)14/h2-5,8-9,12,15-16H,6-7,10H2,1H3. The molecule has 0 saturated carbocycles. The Morgan fingerprint density at radius 3 is 3.00 bits per heavy atom. The molecule has 2 aromatic rings. The van der Waals surface area contributed by atoms with Gasteiger partial charge in [-0.25, -0.2) is 0 Å². The summed E-state index contributed by atoms with van der Waals surface area (Å²) in [7, 11) is 2.02. The zero-order valence-corrected chi connectivity index (χ0v) is 10.6. The molecular weight excluding hydrogens is 224 g/mol. The van der Waals surface area contributed by atoms with E-state index in [0.29, 0.717) is 12.0 Å².